The van der Waals surface area contributed by atoms with Crippen LogP contribution in [0.2, 0.25) is 0 Å². The second kappa shape index (κ2) is 64.4. The number of hydrogen-bond donors (Lipinski definition) is 12. The van der Waals surface area contributed by atoms with Crippen molar-refractivity contribution in [3.63, 3.8) is 0 Å². The van der Waals surface area contributed by atoms with Gasteiger partial charge >= 0.3 is 0 Å². The molecule has 3 aliphatic rings. The fourth-order valence-corrected chi connectivity index (χ4v) is 15.0. The smallest absolute Gasteiger partial charge is 0.220 e. The molecule has 102 heavy (non-hydrogen) atoms. The maximum Gasteiger partial charge on any atom is 0.220 e. The molecule has 0 spiro atoms. The molecule has 17 unspecified atom stereocenters. The Morgan fingerprint density at radius 2 is 0.608 bits per heavy atom. The summed E-state index contributed by atoms with van der Waals surface area (Å²) in [4.78, 5) is 13.5. The highest BCUT2D eigenvalue weighted by Gasteiger charge is 2.54. The number of carbonyl (C=O) groups excluding carboxylic acids is 1. The van der Waals surface area contributed by atoms with Gasteiger partial charge in [-0.15, -0.1) is 0 Å². The summed E-state index contributed by atoms with van der Waals surface area (Å²) in [6.45, 7) is 1.81. The van der Waals surface area contributed by atoms with Crippen LogP contribution in [0.5, 0.6) is 0 Å². The van der Waals surface area contributed by atoms with Crippen LogP contribution in [0.3, 0.4) is 0 Å². The van der Waals surface area contributed by atoms with Crippen molar-refractivity contribution in [1.82, 2.24) is 5.32 Å². The lowest BCUT2D eigenvalue weighted by Crippen LogP contribution is -2.66. The summed E-state index contributed by atoms with van der Waals surface area (Å²) in [7, 11) is 0. The zero-order valence-corrected chi connectivity index (χ0v) is 64.9. The molecule has 0 aromatic carbocycles. The normalized spacial score (nSPS) is 26.1. The Morgan fingerprint density at radius 3 is 0.922 bits per heavy atom. The first kappa shape index (κ1) is 94.7. The van der Waals surface area contributed by atoms with E-state index in [1.54, 1.807) is 6.08 Å². The standard InChI is InChI=1S/C83H159NO18/c1-3-5-7-9-11-13-15-17-19-21-23-25-27-29-30-31-32-33-34-35-36-37-38-40-42-44-46-48-50-52-54-56-58-60-67(88)66(84-71(89)61-59-57-55-53-51-49-47-45-43-41-39-28-26-24-22-20-18-16-14-12-10-8-6-4-2)65-97-81-77(95)74(92)79(69(63-86)99-81)102-83-78(96)75(93)80(70(64-87)100-83)101-82-76(94)73(91)72(90)68(62-85)98-82/h58,60,66-70,72-83,85-88,90-96H,3-57,59,61-65H2,1-2H3,(H,84,89)/b60-58+. The Bertz CT molecular complexity index is 1890. The number of amides is 1. The van der Waals surface area contributed by atoms with Crippen LogP contribution in [-0.2, 0) is 33.2 Å². The summed E-state index contributed by atoms with van der Waals surface area (Å²) in [6, 6.07) is -0.971. The summed E-state index contributed by atoms with van der Waals surface area (Å²) in [5.41, 5.74) is 0. The summed E-state index contributed by atoms with van der Waals surface area (Å²) in [5, 5.41) is 121. The molecular weight excluding hydrogens is 1300 g/mol. The fourth-order valence-electron chi connectivity index (χ4n) is 15.0. The van der Waals surface area contributed by atoms with Crippen molar-refractivity contribution in [3.8, 4) is 0 Å². The molecule has 3 saturated heterocycles. The average Bonchev–Trinajstić information content (AvgIpc) is 0.777. The van der Waals surface area contributed by atoms with Crippen molar-refractivity contribution in [1.29, 1.82) is 0 Å². The first-order valence-electron chi connectivity index (χ1n) is 42.9. The molecule has 3 aliphatic heterocycles. The van der Waals surface area contributed by atoms with E-state index in [0.717, 1.165) is 44.9 Å². The molecule has 0 aliphatic carbocycles. The van der Waals surface area contributed by atoms with Gasteiger partial charge in [0, 0.05) is 6.42 Å². The predicted molar refractivity (Wildman–Crippen MR) is 407 cm³/mol. The fraction of sp³-hybridized carbons (Fsp3) is 0.964. The van der Waals surface area contributed by atoms with Crippen LogP contribution in [0.25, 0.3) is 0 Å². The van der Waals surface area contributed by atoms with Crippen molar-refractivity contribution in [3.05, 3.63) is 12.2 Å². The SMILES string of the molecule is CCCCCCCCCCCCCCCCCCCCCCCCCCCCCCCCC/C=C/C(O)C(COC1OC(CO)C(OC2OC(CO)C(OC3OC(CO)C(O)C(O)C3O)C(O)C2O)C(O)C1O)NC(=O)CCCCCCCCCCCCCCCCCCCCCCCCCC. The Balaban J connectivity index is 1.35. The number of ether oxygens (including phenoxy) is 6. The number of carbonyl (C=O) groups is 1. The van der Waals surface area contributed by atoms with Crippen molar-refractivity contribution in [2.45, 2.75) is 484 Å². The van der Waals surface area contributed by atoms with E-state index < -0.39 is 124 Å². The van der Waals surface area contributed by atoms with Crippen LogP contribution < -0.4 is 5.32 Å². The minimum atomic E-state index is -1.98. The first-order chi connectivity index (χ1) is 49.8. The topological polar surface area (TPSA) is 307 Å². The molecule has 1 amide bonds. The van der Waals surface area contributed by atoms with Crippen molar-refractivity contribution >= 4 is 5.91 Å². The molecule has 19 heteroatoms. The van der Waals surface area contributed by atoms with E-state index in [4.69, 9.17) is 28.4 Å². The van der Waals surface area contributed by atoms with E-state index in [1.165, 1.54) is 308 Å². The van der Waals surface area contributed by atoms with Crippen LogP contribution >= 0.6 is 0 Å². The van der Waals surface area contributed by atoms with Crippen LogP contribution in [0, 0.1) is 0 Å². The predicted octanol–water partition coefficient (Wildman–Crippen LogP) is 15.1. The molecule has 0 bridgehead atoms. The summed E-state index contributed by atoms with van der Waals surface area (Å²) < 4.78 is 34.5. The quantitative estimate of drug-likeness (QED) is 0.0199. The van der Waals surface area contributed by atoms with Crippen molar-refractivity contribution < 1.29 is 89.4 Å². The number of aliphatic hydroxyl groups is 11. The van der Waals surface area contributed by atoms with E-state index in [9.17, 15) is 61.0 Å². The molecule has 0 radical (unpaired) electrons. The number of hydrogen-bond acceptors (Lipinski definition) is 18. The van der Waals surface area contributed by atoms with E-state index in [-0.39, 0.29) is 18.9 Å². The van der Waals surface area contributed by atoms with Gasteiger partial charge in [-0.2, -0.15) is 0 Å². The molecule has 604 valence electrons. The lowest BCUT2D eigenvalue weighted by Gasteiger charge is -2.48. The van der Waals surface area contributed by atoms with Gasteiger partial charge in [0.25, 0.3) is 0 Å². The third-order valence-corrected chi connectivity index (χ3v) is 21.8. The Labute approximate surface area is 620 Å². The monoisotopic (exact) mass is 1460 g/mol. The molecule has 3 rings (SSSR count). The molecule has 19 nitrogen and oxygen atoms in total. The van der Waals surface area contributed by atoms with Gasteiger partial charge in [-0.3, -0.25) is 4.79 Å². The molecule has 17 atom stereocenters. The molecule has 3 fully saturated rings. The summed E-state index contributed by atoms with van der Waals surface area (Å²) >= 11 is 0. The summed E-state index contributed by atoms with van der Waals surface area (Å²) in [5.74, 6) is -0.266. The van der Waals surface area contributed by atoms with Gasteiger partial charge in [-0.05, 0) is 19.3 Å². The van der Waals surface area contributed by atoms with Crippen LogP contribution in [0.15, 0.2) is 12.2 Å². The van der Waals surface area contributed by atoms with E-state index in [2.05, 4.69) is 19.2 Å². The zero-order valence-electron chi connectivity index (χ0n) is 64.9. The zero-order chi connectivity index (χ0) is 73.9. The van der Waals surface area contributed by atoms with Crippen LogP contribution in [-0.4, -0.2) is 193 Å². The van der Waals surface area contributed by atoms with Crippen molar-refractivity contribution in [2.24, 2.45) is 0 Å². The minimum absolute atomic E-state index is 0.250. The van der Waals surface area contributed by atoms with Gasteiger partial charge in [0.2, 0.25) is 5.91 Å². The molecular formula is C83H159NO18. The van der Waals surface area contributed by atoms with E-state index in [0.29, 0.717) is 6.42 Å². The number of allylic oxidation sites excluding steroid dienone is 1. The second-order valence-corrected chi connectivity index (χ2v) is 31.0. The van der Waals surface area contributed by atoms with E-state index >= 15 is 0 Å². The number of rotatable bonds is 70. The Morgan fingerprint density at radius 1 is 0.343 bits per heavy atom. The Kier molecular flexibility index (Phi) is 59.8. The van der Waals surface area contributed by atoms with Gasteiger partial charge < -0.3 is 89.9 Å². The highest BCUT2D eigenvalue weighted by Crippen LogP contribution is 2.34. The number of unbranched alkanes of at least 4 members (excludes halogenated alkanes) is 54. The maximum atomic E-state index is 13.5. The van der Waals surface area contributed by atoms with Gasteiger partial charge in [-0.25, -0.2) is 0 Å². The van der Waals surface area contributed by atoms with Gasteiger partial charge in [0.15, 0.2) is 18.9 Å². The molecule has 0 aromatic heterocycles. The first-order valence-corrected chi connectivity index (χ1v) is 42.9. The molecule has 12 N–H and O–H groups in total. The lowest BCUT2D eigenvalue weighted by molar-refractivity contribution is -0.379. The summed E-state index contributed by atoms with van der Waals surface area (Å²) in [6.07, 6.45) is 50.7. The molecule has 0 aromatic rings. The highest BCUT2D eigenvalue weighted by atomic mass is 16.8. The average molecular weight is 1460 g/mol. The third kappa shape index (κ3) is 43.7. The largest absolute Gasteiger partial charge is 0.394 e. The van der Waals surface area contributed by atoms with Crippen LogP contribution in [0.1, 0.15) is 380 Å². The third-order valence-electron chi connectivity index (χ3n) is 21.8. The number of aliphatic hydroxyl groups excluding tert-OH is 11. The van der Waals surface area contributed by atoms with Gasteiger partial charge in [0.05, 0.1) is 38.6 Å². The maximum absolute atomic E-state index is 13.5. The second-order valence-electron chi connectivity index (χ2n) is 31.0. The van der Waals surface area contributed by atoms with Gasteiger partial charge in [0.1, 0.15) is 73.2 Å². The minimum Gasteiger partial charge on any atom is -0.394 e. The molecule has 3 heterocycles. The van der Waals surface area contributed by atoms with Crippen molar-refractivity contribution in [2.75, 3.05) is 26.4 Å². The lowest BCUT2D eigenvalue weighted by atomic mass is 9.96. The van der Waals surface area contributed by atoms with Crippen LogP contribution in [0.4, 0.5) is 0 Å². The van der Waals surface area contributed by atoms with E-state index in [1.807, 2.05) is 6.08 Å². The molecule has 0 saturated carbocycles. The van der Waals surface area contributed by atoms with Gasteiger partial charge in [-0.1, -0.05) is 366 Å². The highest BCUT2D eigenvalue weighted by molar-refractivity contribution is 5.76. The number of nitrogens with one attached hydrogen (secondary N) is 1. The Hall–Kier alpha value is -1.47.